The molecule has 0 aromatic carbocycles. The van der Waals surface area contributed by atoms with Crippen LogP contribution in [0.5, 0.6) is 0 Å². The highest BCUT2D eigenvalue weighted by atomic mass is 16.7. The van der Waals surface area contributed by atoms with Crippen LogP contribution < -0.4 is 5.32 Å². The summed E-state index contributed by atoms with van der Waals surface area (Å²) in [4.78, 5) is 13.1. The lowest BCUT2D eigenvalue weighted by Gasteiger charge is -2.40. The zero-order chi connectivity index (χ0) is 57.2. The molecule has 1 rings (SSSR count). The minimum Gasteiger partial charge on any atom is -0.394 e. The zero-order valence-electron chi connectivity index (χ0n) is 52.2. The molecule has 0 spiro atoms. The van der Waals surface area contributed by atoms with Gasteiger partial charge in [0.1, 0.15) is 24.4 Å². The summed E-state index contributed by atoms with van der Waals surface area (Å²) in [5.74, 6) is -0.184. The van der Waals surface area contributed by atoms with Gasteiger partial charge in [0, 0.05) is 6.42 Å². The van der Waals surface area contributed by atoms with Crippen molar-refractivity contribution in [3.63, 3.8) is 0 Å². The number of carbonyl (C=O) groups excluding carboxylic acids is 1. The van der Waals surface area contributed by atoms with Gasteiger partial charge in [0.2, 0.25) is 5.91 Å². The van der Waals surface area contributed by atoms with E-state index in [1.807, 2.05) is 6.08 Å². The Hall–Kier alpha value is -1.59. The molecule has 7 unspecified atom stereocenters. The summed E-state index contributed by atoms with van der Waals surface area (Å²) < 4.78 is 11.3. The lowest BCUT2D eigenvalue weighted by Crippen LogP contribution is -2.60. The molecule has 0 radical (unpaired) electrons. The molecule has 7 atom stereocenters. The molecule has 0 aromatic heterocycles. The van der Waals surface area contributed by atoms with E-state index in [1.165, 1.54) is 283 Å². The maximum absolute atomic E-state index is 13.1. The Kier molecular flexibility index (Phi) is 56.9. The highest BCUT2D eigenvalue weighted by Crippen LogP contribution is 2.23. The summed E-state index contributed by atoms with van der Waals surface area (Å²) in [6, 6.07) is -0.827. The third-order valence-electron chi connectivity index (χ3n) is 16.7. The third-order valence-corrected chi connectivity index (χ3v) is 16.7. The number of unbranched alkanes of at least 4 members (excludes halogenated alkanes) is 47. The summed E-state index contributed by atoms with van der Waals surface area (Å²) in [6.07, 6.45) is 72.8. The van der Waals surface area contributed by atoms with Gasteiger partial charge >= 0.3 is 0 Å². The fourth-order valence-corrected chi connectivity index (χ4v) is 11.3. The van der Waals surface area contributed by atoms with Crippen molar-refractivity contribution in [2.24, 2.45) is 0 Å². The van der Waals surface area contributed by atoms with Crippen LogP contribution in [0, 0.1) is 0 Å². The largest absolute Gasteiger partial charge is 0.394 e. The van der Waals surface area contributed by atoms with E-state index in [9.17, 15) is 30.3 Å². The minimum absolute atomic E-state index is 0.184. The molecule has 1 aliphatic heterocycles. The second-order valence-electron chi connectivity index (χ2n) is 24.3. The Balaban J connectivity index is 2.06. The standard InChI is InChI=1S/C70H133NO8/c1-3-5-7-9-11-13-15-17-19-21-23-24-25-26-27-28-29-30-31-32-33-34-35-36-37-38-39-40-41-42-44-46-48-50-52-54-56-58-60-66(74)71-63(62-78-70-69(77)68(76)67(75)65(61-72)79-70)64(73)59-57-55-53-51-49-47-45-43-22-20-18-16-14-12-10-8-6-4-2/h22,43,49,51,57,59,63-65,67-70,72-73,75-77H,3-21,23-42,44-48,50,52-56,58,60-62H2,1-2H3,(H,71,74)/b43-22+,51-49+,59-57+. The van der Waals surface area contributed by atoms with Gasteiger partial charge in [0.05, 0.1) is 25.4 Å². The third kappa shape index (κ3) is 48.5. The number of hydrogen-bond donors (Lipinski definition) is 6. The van der Waals surface area contributed by atoms with Crippen LogP contribution in [0.25, 0.3) is 0 Å². The van der Waals surface area contributed by atoms with Gasteiger partial charge < -0.3 is 40.3 Å². The normalized spacial score (nSPS) is 18.7. The molecule has 1 amide bonds. The topological polar surface area (TPSA) is 149 Å². The van der Waals surface area contributed by atoms with Crippen molar-refractivity contribution in [2.45, 2.75) is 391 Å². The van der Waals surface area contributed by atoms with E-state index in [0.29, 0.717) is 6.42 Å². The number of carbonyl (C=O) groups is 1. The Labute approximate surface area is 489 Å². The molecule has 6 N–H and O–H groups in total. The maximum Gasteiger partial charge on any atom is 0.220 e. The molecule has 1 saturated heterocycles. The number of rotatable bonds is 61. The van der Waals surface area contributed by atoms with Crippen molar-refractivity contribution < 1.29 is 39.8 Å². The van der Waals surface area contributed by atoms with Crippen molar-refractivity contribution in [2.75, 3.05) is 13.2 Å². The Bertz CT molecular complexity index is 1340. The van der Waals surface area contributed by atoms with Gasteiger partial charge in [-0.15, -0.1) is 0 Å². The zero-order valence-corrected chi connectivity index (χ0v) is 52.2. The van der Waals surface area contributed by atoms with Gasteiger partial charge in [-0.3, -0.25) is 4.79 Å². The number of allylic oxidation sites excluding steroid dienone is 5. The summed E-state index contributed by atoms with van der Waals surface area (Å²) in [7, 11) is 0. The number of aliphatic hydroxyl groups excluding tert-OH is 5. The first-order valence-corrected chi connectivity index (χ1v) is 34.7. The molecule has 466 valence electrons. The molecule has 0 aliphatic carbocycles. The predicted molar refractivity (Wildman–Crippen MR) is 337 cm³/mol. The second kappa shape index (κ2) is 59.6. The van der Waals surface area contributed by atoms with Crippen molar-refractivity contribution in [3.05, 3.63) is 36.5 Å². The average molecular weight is 1120 g/mol. The van der Waals surface area contributed by atoms with Crippen LogP contribution in [-0.4, -0.2) is 87.5 Å². The van der Waals surface area contributed by atoms with Crippen molar-refractivity contribution in [1.29, 1.82) is 0 Å². The number of aliphatic hydroxyl groups is 5. The predicted octanol–water partition coefficient (Wildman–Crippen LogP) is 18.6. The fourth-order valence-electron chi connectivity index (χ4n) is 11.3. The van der Waals surface area contributed by atoms with Gasteiger partial charge in [-0.25, -0.2) is 0 Å². The second-order valence-corrected chi connectivity index (χ2v) is 24.3. The van der Waals surface area contributed by atoms with Gasteiger partial charge in [-0.2, -0.15) is 0 Å². The quantitative estimate of drug-likeness (QED) is 0.0261. The maximum atomic E-state index is 13.1. The molecule has 9 heteroatoms. The molecular weight excluding hydrogens is 983 g/mol. The van der Waals surface area contributed by atoms with Crippen LogP contribution in [0.4, 0.5) is 0 Å². The monoisotopic (exact) mass is 1120 g/mol. The van der Waals surface area contributed by atoms with Gasteiger partial charge in [-0.05, 0) is 44.9 Å². The number of hydrogen-bond acceptors (Lipinski definition) is 8. The summed E-state index contributed by atoms with van der Waals surface area (Å²) in [5.41, 5.74) is 0. The van der Waals surface area contributed by atoms with Crippen LogP contribution in [0.2, 0.25) is 0 Å². The number of nitrogens with one attached hydrogen (secondary N) is 1. The van der Waals surface area contributed by atoms with Crippen molar-refractivity contribution in [3.8, 4) is 0 Å². The fraction of sp³-hybridized carbons (Fsp3) is 0.900. The van der Waals surface area contributed by atoms with E-state index < -0.39 is 49.5 Å². The van der Waals surface area contributed by atoms with Crippen LogP contribution in [-0.2, 0) is 14.3 Å². The lowest BCUT2D eigenvalue weighted by molar-refractivity contribution is -0.302. The first-order chi connectivity index (χ1) is 38.8. The minimum atomic E-state index is -1.57. The Morgan fingerprint density at radius 3 is 1.06 bits per heavy atom. The summed E-state index contributed by atoms with van der Waals surface area (Å²) in [6.45, 7) is 3.79. The van der Waals surface area contributed by atoms with Gasteiger partial charge in [0.15, 0.2) is 6.29 Å². The van der Waals surface area contributed by atoms with E-state index >= 15 is 0 Å². The van der Waals surface area contributed by atoms with Crippen LogP contribution in [0.3, 0.4) is 0 Å². The van der Waals surface area contributed by atoms with Crippen molar-refractivity contribution >= 4 is 5.91 Å². The highest BCUT2D eigenvalue weighted by Gasteiger charge is 2.44. The number of ether oxygens (including phenoxy) is 2. The molecule has 0 bridgehead atoms. The van der Waals surface area contributed by atoms with Crippen LogP contribution in [0.15, 0.2) is 36.5 Å². The number of amides is 1. The van der Waals surface area contributed by atoms with E-state index in [0.717, 1.165) is 44.9 Å². The smallest absolute Gasteiger partial charge is 0.220 e. The molecule has 0 saturated carbocycles. The SMILES string of the molecule is CCCCCCCCCC/C=C/CC/C=C/CC/C=C/C(O)C(COC1OC(CO)C(O)C(O)C1O)NC(=O)CCCCCCCCCCCCCCCCCCCCCCCCCCCCCCCCCCCCCCCC. The molecule has 1 aliphatic rings. The van der Waals surface area contributed by atoms with E-state index in [2.05, 4.69) is 43.5 Å². The molecule has 9 nitrogen and oxygen atoms in total. The van der Waals surface area contributed by atoms with Gasteiger partial charge in [0.25, 0.3) is 0 Å². The van der Waals surface area contributed by atoms with E-state index in [4.69, 9.17) is 9.47 Å². The molecule has 79 heavy (non-hydrogen) atoms. The summed E-state index contributed by atoms with van der Waals surface area (Å²) >= 11 is 0. The van der Waals surface area contributed by atoms with Crippen molar-refractivity contribution in [1.82, 2.24) is 5.32 Å². The first-order valence-electron chi connectivity index (χ1n) is 34.7. The average Bonchev–Trinajstić information content (AvgIpc) is 3.47. The lowest BCUT2D eigenvalue weighted by atomic mass is 9.99. The summed E-state index contributed by atoms with van der Waals surface area (Å²) in [5, 5.41) is 54.6. The van der Waals surface area contributed by atoms with E-state index in [-0.39, 0.29) is 12.5 Å². The van der Waals surface area contributed by atoms with E-state index in [1.54, 1.807) is 6.08 Å². The molecular formula is C70H133NO8. The molecule has 1 fully saturated rings. The van der Waals surface area contributed by atoms with Crippen LogP contribution >= 0.6 is 0 Å². The molecule has 1 heterocycles. The highest BCUT2D eigenvalue weighted by molar-refractivity contribution is 5.76. The van der Waals surface area contributed by atoms with Crippen LogP contribution in [0.1, 0.15) is 348 Å². The first kappa shape index (κ1) is 75.4. The Morgan fingerprint density at radius 2 is 0.722 bits per heavy atom. The Morgan fingerprint density at radius 1 is 0.418 bits per heavy atom. The van der Waals surface area contributed by atoms with Gasteiger partial charge in [-0.1, -0.05) is 333 Å². The molecule has 0 aromatic rings.